The molecular weight excluding hydrogens is 260 g/mol. The van der Waals surface area contributed by atoms with Crippen LogP contribution in [0.4, 0.5) is 0 Å². The molecule has 3 nitrogen and oxygen atoms in total. The van der Waals surface area contributed by atoms with Crippen LogP contribution in [0.1, 0.15) is 44.5 Å². The highest BCUT2D eigenvalue weighted by Crippen LogP contribution is 2.31. The molecule has 19 heavy (non-hydrogen) atoms. The lowest BCUT2D eigenvalue weighted by Crippen LogP contribution is -2.16. The van der Waals surface area contributed by atoms with Crippen molar-refractivity contribution in [1.29, 1.82) is 0 Å². The molecule has 1 unspecified atom stereocenters. The van der Waals surface area contributed by atoms with Crippen LogP contribution < -0.4 is 4.74 Å². The second-order valence-corrected chi connectivity index (χ2v) is 6.23. The van der Waals surface area contributed by atoms with Crippen LogP contribution in [-0.4, -0.2) is 22.9 Å². The molecule has 1 N–H and O–H groups in total. The van der Waals surface area contributed by atoms with Gasteiger partial charge in [-0.05, 0) is 37.1 Å². The minimum atomic E-state index is -0.928. The van der Waals surface area contributed by atoms with Crippen LogP contribution in [0, 0.1) is 5.92 Å². The van der Waals surface area contributed by atoms with Crippen LogP contribution in [-0.2, 0) is 0 Å². The first-order chi connectivity index (χ1) is 8.95. The van der Waals surface area contributed by atoms with E-state index in [2.05, 4.69) is 13.8 Å². The monoisotopic (exact) mass is 282 g/mol. The number of aromatic carboxylic acids is 1. The van der Waals surface area contributed by atoms with Crippen molar-refractivity contribution in [3.05, 3.63) is 23.8 Å². The highest BCUT2D eigenvalue weighted by Gasteiger charge is 2.18. The zero-order valence-electron chi connectivity index (χ0n) is 12.0. The van der Waals surface area contributed by atoms with Crippen LogP contribution in [0.5, 0.6) is 5.75 Å². The van der Waals surface area contributed by atoms with Crippen molar-refractivity contribution in [2.45, 2.75) is 45.1 Å². The molecule has 4 heteroatoms. The summed E-state index contributed by atoms with van der Waals surface area (Å²) in [6.45, 7) is 8.24. The molecule has 1 rings (SSSR count). The SMILES string of the molecule is CCSc1cccc(OC(C)CC(C)C)c1C(=O)O. The lowest BCUT2D eigenvalue weighted by atomic mass is 10.1. The minimum Gasteiger partial charge on any atom is -0.490 e. The van der Waals surface area contributed by atoms with Gasteiger partial charge in [-0.1, -0.05) is 26.8 Å². The van der Waals surface area contributed by atoms with Crippen molar-refractivity contribution in [2.75, 3.05) is 5.75 Å². The second-order valence-electron chi connectivity index (χ2n) is 4.93. The molecule has 0 bridgehead atoms. The van der Waals surface area contributed by atoms with E-state index in [1.54, 1.807) is 6.07 Å². The van der Waals surface area contributed by atoms with E-state index in [0.717, 1.165) is 17.1 Å². The molecule has 106 valence electrons. The van der Waals surface area contributed by atoms with E-state index < -0.39 is 5.97 Å². The fourth-order valence-corrected chi connectivity index (χ4v) is 2.84. The normalized spacial score (nSPS) is 12.5. The molecule has 0 radical (unpaired) electrons. The quantitative estimate of drug-likeness (QED) is 0.757. The third kappa shape index (κ3) is 4.78. The van der Waals surface area contributed by atoms with Gasteiger partial charge in [-0.25, -0.2) is 4.79 Å². The standard InChI is InChI=1S/C15H22O3S/c1-5-19-13-8-6-7-12(14(13)15(16)17)18-11(4)9-10(2)3/h6-8,10-11H,5,9H2,1-4H3,(H,16,17). The number of hydrogen-bond donors (Lipinski definition) is 1. The largest absolute Gasteiger partial charge is 0.490 e. The predicted molar refractivity (Wildman–Crippen MR) is 79.3 cm³/mol. The fourth-order valence-electron chi connectivity index (χ4n) is 2.02. The van der Waals surface area contributed by atoms with Crippen LogP contribution in [0.15, 0.2) is 23.1 Å². The zero-order valence-corrected chi connectivity index (χ0v) is 12.8. The molecule has 0 aliphatic heterocycles. The van der Waals surface area contributed by atoms with E-state index >= 15 is 0 Å². The summed E-state index contributed by atoms with van der Waals surface area (Å²) in [5.41, 5.74) is 0.282. The Hall–Kier alpha value is -1.16. The van der Waals surface area contributed by atoms with Crippen molar-refractivity contribution in [1.82, 2.24) is 0 Å². The number of carboxylic acids is 1. The van der Waals surface area contributed by atoms with Crippen LogP contribution >= 0.6 is 11.8 Å². The first-order valence-corrected chi connectivity index (χ1v) is 7.60. The van der Waals surface area contributed by atoms with Crippen LogP contribution in [0.25, 0.3) is 0 Å². The number of rotatable bonds is 7. The smallest absolute Gasteiger partial charge is 0.340 e. The molecule has 0 spiro atoms. The average Bonchev–Trinajstić information content (AvgIpc) is 2.27. The highest BCUT2D eigenvalue weighted by atomic mass is 32.2. The van der Waals surface area contributed by atoms with Gasteiger partial charge in [0.1, 0.15) is 11.3 Å². The maximum Gasteiger partial charge on any atom is 0.340 e. The molecule has 0 aromatic heterocycles. The Morgan fingerprint density at radius 2 is 2.05 bits per heavy atom. The van der Waals surface area contributed by atoms with Crippen molar-refractivity contribution in [3.8, 4) is 5.75 Å². The Morgan fingerprint density at radius 3 is 2.58 bits per heavy atom. The number of ether oxygens (including phenoxy) is 1. The fraction of sp³-hybridized carbons (Fsp3) is 0.533. The summed E-state index contributed by atoms with van der Waals surface area (Å²) in [5.74, 6) is 0.907. The maximum absolute atomic E-state index is 11.4. The first-order valence-electron chi connectivity index (χ1n) is 6.61. The molecule has 0 saturated heterocycles. The summed E-state index contributed by atoms with van der Waals surface area (Å²) in [7, 11) is 0. The molecule has 1 aromatic rings. The molecule has 0 fully saturated rings. The topological polar surface area (TPSA) is 46.5 Å². The van der Waals surface area contributed by atoms with Gasteiger partial charge in [0, 0.05) is 4.90 Å². The van der Waals surface area contributed by atoms with Gasteiger partial charge in [-0.3, -0.25) is 0 Å². The van der Waals surface area contributed by atoms with Crippen LogP contribution in [0.2, 0.25) is 0 Å². The van der Waals surface area contributed by atoms with Gasteiger partial charge in [0.2, 0.25) is 0 Å². The molecular formula is C15H22O3S. The zero-order chi connectivity index (χ0) is 14.4. The number of carbonyl (C=O) groups is 1. The van der Waals surface area contributed by atoms with E-state index in [1.807, 2.05) is 26.0 Å². The van der Waals surface area contributed by atoms with Crippen molar-refractivity contribution in [3.63, 3.8) is 0 Å². The summed E-state index contributed by atoms with van der Waals surface area (Å²) in [6, 6.07) is 5.42. The number of benzene rings is 1. The molecule has 0 aliphatic carbocycles. The Kier molecular flexibility index (Phi) is 6.22. The Morgan fingerprint density at radius 1 is 1.37 bits per heavy atom. The van der Waals surface area contributed by atoms with Crippen molar-refractivity contribution in [2.24, 2.45) is 5.92 Å². The Labute approximate surface area is 119 Å². The predicted octanol–water partition coefficient (Wildman–Crippen LogP) is 4.31. The lowest BCUT2D eigenvalue weighted by Gasteiger charge is -2.19. The lowest BCUT2D eigenvalue weighted by molar-refractivity contribution is 0.0684. The molecule has 0 amide bonds. The highest BCUT2D eigenvalue weighted by molar-refractivity contribution is 7.99. The summed E-state index contributed by atoms with van der Waals surface area (Å²) in [4.78, 5) is 12.2. The number of thioether (sulfide) groups is 1. The van der Waals surface area contributed by atoms with Gasteiger partial charge in [0.15, 0.2) is 0 Å². The van der Waals surface area contributed by atoms with Gasteiger partial charge in [-0.2, -0.15) is 0 Å². The van der Waals surface area contributed by atoms with Gasteiger partial charge < -0.3 is 9.84 Å². The first kappa shape index (κ1) is 15.9. The molecule has 0 saturated carbocycles. The van der Waals surface area contributed by atoms with Gasteiger partial charge >= 0.3 is 5.97 Å². The van der Waals surface area contributed by atoms with E-state index in [9.17, 15) is 9.90 Å². The van der Waals surface area contributed by atoms with E-state index in [0.29, 0.717) is 11.7 Å². The summed E-state index contributed by atoms with van der Waals surface area (Å²) >= 11 is 1.52. The summed E-state index contributed by atoms with van der Waals surface area (Å²) < 4.78 is 5.81. The number of hydrogen-bond acceptors (Lipinski definition) is 3. The van der Waals surface area contributed by atoms with E-state index in [-0.39, 0.29) is 11.7 Å². The Balaban J connectivity index is 2.99. The molecule has 1 aromatic carbocycles. The van der Waals surface area contributed by atoms with Crippen LogP contribution in [0.3, 0.4) is 0 Å². The van der Waals surface area contributed by atoms with Gasteiger partial charge in [-0.15, -0.1) is 11.8 Å². The molecule has 0 aliphatic rings. The van der Waals surface area contributed by atoms with E-state index in [1.165, 1.54) is 11.8 Å². The minimum absolute atomic E-state index is 0.0139. The van der Waals surface area contributed by atoms with Crippen molar-refractivity contribution >= 4 is 17.7 Å². The molecule has 0 heterocycles. The Bertz CT molecular complexity index is 429. The summed E-state index contributed by atoms with van der Waals surface area (Å²) in [6.07, 6.45) is 0.921. The van der Waals surface area contributed by atoms with Gasteiger partial charge in [0.25, 0.3) is 0 Å². The maximum atomic E-state index is 11.4. The third-order valence-corrected chi connectivity index (χ3v) is 3.57. The third-order valence-electron chi connectivity index (χ3n) is 2.63. The second kappa shape index (κ2) is 7.43. The van der Waals surface area contributed by atoms with E-state index in [4.69, 9.17) is 4.74 Å². The average molecular weight is 282 g/mol. The molecule has 1 atom stereocenters. The van der Waals surface area contributed by atoms with Gasteiger partial charge in [0.05, 0.1) is 6.10 Å². The number of carboxylic acid groups (broad SMARTS) is 1. The summed E-state index contributed by atoms with van der Waals surface area (Å²) in [5, 5.41) is 9.37. The van der Waals surface area contributed by atoms with Crippen molar-refractivity contribution < 1.29 is 14.6 Å².